The number of benzene rings is 2. The van der Waals surface area contributed by atoms with Crippen LogP contribution >= 0.6 is 0 Å². The molecule has 2 amide bonds. The van der Waals surface area contributed by atoms with Crippen LogP contribution in [0.1, 0.15) is 18.9 Å². The smallest absolute Gasteiger partial charge is 0.318 e. The highest BCUT2D eigenvalue weighted by molar-refractivity contribution is 5.88. The number of carbonyl (C=O) groups is 1. The minimum absolute atomic E-state index is 0.225. The van der Waals surface area contributed by atoms with Crippen molar-refractivity contribution in [2.24, 2.45) is 0 Å². The molecule has 0 aliphatic carbocycles. The van der Waals surface area contributed by atoms with Gasteiger partial charge in [0.15, 0.2) is 0 Å². The molecule has 1 heterocycles. The van der Waals surface area contributed by atoms with Crippen LogP contribution in [0.2, 0.25) is 0 Å². The van der Waals surface area contributed by atoms with E-state index in [2.05, 4.69) is 51.6 Å². The highest BCUT2D eigenvalue weighted by Gasteiger charge is 2.16. The van der Waals surface area contributed by atoms with E-state index in [-0.39, 0.29) is 6.03 Å². The molecule has 29 heavy (non-hydrogen) atoms. The van der Waals surface area contributed by atoms with E-state index in [1.54, 1.807) is 7.05 Å². The molecule has 2 aromatic carbocycles. The quantitative estimate of drug-likeness (QED) is 0.670. The van der Waals surface area contributed by atoms with Gasteiger partial charge in [-0.15, -0.1) is 0 Å². The van der Waals surface area contributed by atoms with Gasteiger partial charge < -0.3 is 20.3 Å². The van der Waals surface area contributed by atoms with Crippen LogP contribution in [0, 0.1) is 0 Å². The lowest BCUT2D eigenvalue weighted by Crippen LogP contribution is -2.46. The summed E-state index contributed by atoms with van der Waals surface area (Å²) in [5, 5.41) is 5.26. The van der Waals surface area contributed by atoms with Gasteiger partial charge in [0.2, 0.25) is 0 Å². The Hall–Kier alpha value is -2.73. The van der Waals surface area contributed by atoms with Crippen LogP contribution in [0.15, 0.2) is 48.5 Å². The number of ether oxygens (including phenoxy) is 1. The molecule has 6 nitrogen and oxygen atoms in total. The van der Waals surface area contributed by atoms with Gasteiger partial charge in [-0.25, -0.2) is 4.79 Å². The third-order valence-electron chi connectivity index (χ3n) is 5.31. The predicted molar refractivity (Wildman–Crippen MR) is 119 cm³/mol. The monoisotopic (exact) mass is 396 g/mol. The molecule has 2 aromatic rings. The summed E-state index contributed by atoms with van der Waals surface area (Å²) in [6.45, 7) is 8.28. The Kier molecular flexibility index (Phi) is 7.76. The summed E-state index contributed by atoms with van der Waals surface area (Å²) in [6, 6.07) is 16.2. The van der Waals surface area contributed by atoms with Crippen LogP contribution < -0.4 is 20.3 Å². The Labute approximate surface area is 173 Å². The van der Waals surface area contributed by atoms with Crippen molar-refractivity contribution >= 4 is 17.4 Å². The number of hydrogen-bond donors (Lipinski definition) is 2. The first kappa shape index (κ1) is 21.0. The molecule has 0 bridgehead atoms. The Bertz CT molecular complexity index is 753. The van der Waals surface area contributed by atoms with Crippen LogP contribution in [-0.2, 0) is 6.42 Å². The third-order valence-corrected chi connectivity index (χ3v) is 5.31. The van der Waals surface area contributed by atoms with E-state index in [1.165, 1.54) is 11.3 Å². The summed E-state index contributed by atoms with van der Waals surface area (Å²) in [4.78, 5) is 16.3. The molecule has 3 rings (SSSR count). The van der Waals surface area contributed by atoms with Crippen molar-refractivity contribution in [2.45, 2.75) is 19.8 Å². The van der Waals surface area contributed by atoms with Gasteiger partial charge in [-0.2, -0.15) is 0 Å². The number of nitrogens with one attached hydrogen (secondary N) is 2. The number of hydrogen-bond acceptors (Lipinski definition) is 4. The minimum atomic E-state index is -0.225. The maximum absolute atomic E-state index is 11.3. The van der Waals surface area contributed by atoms with Crippen LogP contribution in [0.4, 0.5) is 16.2 Å². The average molecular weight is 397 g/mol. The van der Waals surface area contributed by atoms with Crippen molar-refractivity contribution < 1.29 is 9.53 Å². The summed E-state index contributed by atoms with van der Waals surface area (Å²) < 4.78 is 5.83. The molecule has 0 radical (unpaired) electrons. The lowest BCUT2D eigenvalue weighted by molar-refractivity contribution is 0.225. The molecule has 1 fully saturated rings. The van der Waals surface area contributed by atoms with Crippen molar-refractivity contribution in [3.05, 3.63) is 54.1 Å². The number of carbonyl (C=O) groups excluding carboxylic acids is 1. The van der Waals surface area contributed by atoms with Gasteiger partial charge in [0, 0.05) is 51.1 Å². The van der Waals surface area contributed by atoms with Crippen LogP contribution in [0.5, 0.6) is 5.75 Å². The van der Waals surface area contributed by atoms with E-state index >= 15 is 0 Å². The second-order valence-electron chi connectivity index (χ2n) is 7.28. The third kappa shape index (κ3) is 6.39. The molecule has 1 aliphatic heterocycles. The number of anilines is 2. The molecule has 2 N–H and O–H groups in total. The molecule has 0 aromatic heterocycles. The van der Waals surface area contributed by atoms with Gasteiger partial charge in [0.25, 0.3) is 0 Å². The fraction of sp³-hybridized carbons (Fsp3) is 0.435. The average Bonchev–Trinajstić information content (AvgIpc) is 2.78. The largest absolute Gasteiger partial charge is 0.494 e. The van der Waals surface area contributed by atoms with E-state index in [1.807, 2.05) is 24.3 Å². The Morgan fingerprint density at radius 3 is 2.31 bits per heavy atom. The number of nitrogens with zero attached hydrogens (tertiary/aromatic N) is 2. The van der Waals surface area contributed by atoms with Gasteiger partial charge in [0.05, 0.1) is 6.61 Å². The summed E-state index contributed by atoms with van der Waals surface area (Å²) in [6.07, 6.45) is 2.09. The Balaban J connectivity index is 1.33. The fourth-order valence-electron chi connectivity index (χ4n) is 3.48. The van der Waals surface area contributed by atoms with Crippen molar-refractivity contribution in [3.63, 3.8) is 0 Å². The first-order chi connectivity index (χ1) is 14.2. The molecule has 156 valence electrons. The maximum Gasteiger partial charge on any atom is 0.318 e. The molecule has 6 heteroatoms. The number of aryl methyl sites for hydroxylation is 1. The molecule has 0 spiro atoms. The van der Waals surface area contributed by atoms with Crippen molar-refractivity contribution in [3.8, 4) is 5.75 Å². The van der Waals surface area contributed by atoms with Gasteiger partial charge in [-0.1, -0.05) is 19.1 Å². The summed E-state index contributed by atoms with van der Waals surface area (Å²) >= 11 is 0. The van der Waals surface area contributed by atoms with E-state index in [9.17, 15) is 4.79 Å². The van der Waals surface area contributed by atoms with Gasteiger partial charge in [-0.3, -0.25) is 4.90 Å². The molecule has 0 unspecified atom stereocenters. The summed E-state index contributed by atoms with van der Waals surface area (Å²) in [5.74, 6) is 0.827. The van der Waals surface area contributed by atoms with Gasteiger partial charge in [-0.05, 0) is 54.8 Å². The molecule has 1 saturated heterocycles. The SMILES string of the molecule is CCc1ccc(N2CCN(CCCOc3ccc(NC(=O)NC)cc3)CC2)cc1. The predicted octanol–water partition coefficient (Wildman–Crippen LogP) is 3.59. The van der Waals surface area contributed by atoms with E-state index in [4.69, 9.17) is 4.74 Å². The van der Waals surface area contributed by atoms with E-state index in [0.717, 1.165) is 57.0 Å². The van der Waals surface area contributed by atoms with E-state index < -0.39 is 0 Å². The Morgan fingerprint density at radius 1 is 1.00 bits per heavy atom. The molecule has 1 aliphatic rings. The number of urea groups is 1. The first-order valence-corrected chi connectivity index (χ1v) is 10.5. The standard InChI is InChI=1S/C23H32N4O2/c1-3-19-5-9-21(10-6-19)27-16-14-26(15-17-27)13-4-18-29-22-11-7-20(8-12-22)25-23(28)24-2/h5-12H,3-4,13-18H2,1-2H3,(H2,24,25,28). The minimum Gasteiger partial charge on any atom is -0.494 e. The maximum atomic E-state index is 11.3. The zero-order valence-electron chi connectivity index (χ0n) is 17.5. The summed E-state index contributed by atoms with van der Waals surface area (Å²) in [5.41, 5.74) is 3.48. The highest BCUT2D eigenvalue weighted by Crippen LogP contribution is 2.18. The summed E-state index contributed by atoms with van der Waals surface area (Å²) in [7, 11) is 1.59. The zero-order valence-corrected chi connectivity index (χ0v) is 17.5. The van der Waals surface area contributed by atoms with Crippen molar-refractivity contribution in [1.29, 1.82) is 0 Å². The molecular weight excluding hydrogens is 364 g/mol. The van der Waals surface area contributed by atoms with Gasteiger partial charge >= 0.3 is 6.03 Å². The number of amides is 2. The second-order valence-corrected chi connectivity index (χ2v) is 7.28. The van der Waals surface area contributed by atoms with Gasteiger partial charge in [0.1, 0.15) is 5.75 Å². The van der Waals surface area contributed by atoms with Crippen LogP contribution in [-0.4, -0.2) is 57.3 Å². The second kappa shape index (κ2) is 10.7. The zero-order chi connectivity index (χ0) is 20.5. The van der Waals surface area contributed by atoms with E-state index in [0.29, 0.717) is 6.61 Å². The topological polar surface area (TPSA) is 56.8 Å². The normalized spacial score (nSPS) is 14.5. The fourth-order valence-corrected chi connectivity index (χ4v) is 3.48. The lowest BCUT2D eigenvalue weighted by atomic mass is 10.1. The van der Waals surface area contributed by atoms with Crippen LogP contribution in [0.25, 0.3) is 0 Å². The molecular formula is C23H32N4O2. The molecule has 0 atom stereocenters. The molecule has 0 saturated carbocycles. The lowest BCUT2D eigenvalue weighted by Gasteiger charge is -2.36. The van der Waals surface area contributed by atoms with Crippen molar-refractivity contribution in [1.82, 2.24) is 10.2 Å². The number of rotatable bonds is 8. The number of piperazine rings is 1. The van der Waals surface area contributed by atoms with Crippen molar-refractivity contribution in [2.75, 3.05) is 56.6 Å². The van der Waals surface area contributed by atoms with Crippen LogP contribution in [0.3, 0.4) is 0 Å². The Morgan fingerprint density at radius 2 is 1.69 bits per heavy atom. The highest BCUT2D eigenvalue weighted by atomic mass is 16.5. The first-order valence-electron chi connectivity index (χ1n) is 10.5.